The number of benzene rings is 5. The van der Waals surface area contributed by atoms with Gasteiger partial charge in [0.25, 0.3) is 0 Å². The van der Waals surface area contributed by atoms with Crippen molar-refractivity contribution in [3.05, 3.63) is 132 Å². The Morgan fingerprint density at radius 2 is 1.22 bits per heavy atom. The second-order valence-electron chi connectivity index (χ2n) is 16.0. The van der Waals surface area contributed by atoms with Crippen LogP contribution in [-0.2, 0) is 19.1 Å². The van der Waals surface area contributed by atoms with E-state index in [9.17, 15) is 24.0 Å². The van der Waals surface area contributed by atoms with Gasteiger partial charge in [-0.15, -0.1) is 23.1 Å². The molecule has 0 aliphatic carbocycles. The second kappa shape index (κ2) is 23.4. The molecule has 0 N–H and O–H groups in total. The van der Waals surface area contributed by atoms with Crippen molar-refractivity contribution in [2.24, 2.45) is 4.99 Å². The number of methoxy groups -OCH3 is 1. The Kier molecular flexibility index (Phi) is 17.0. The van der Waals surface area contributed by atoms with Crippen molar-refractivity contribution in [3.63, 3.8) is 0 Å². The SMILES string of the molecule is COC(=O)C1CSC(c2nc3ccc(OC(=O)N(CCCCCC[PH](c4ccccc4)(c4ccccc4)c4ccccc4)CCN(C)C(=O)Oc4ccc(OC(C)=O)c(OC(C)=O)c4)cc3s2)=N1. The summed E-state index contributed by atoms with van der Waals surface area (Å²) in [4.78, 5) is 74.9. The van der Waals surface area contributed by atoms with Gasteiger partial charge in [-0.2, -0.15) is 0 Å². The van der Waals surface area contributed by atoms with Crippen molar-refractivity contribution in [2.75, 3.05) is 45.7 Å². The fourth-order valence-electron chi connectivity index (χ4n) is 7.98. The monoisotopic (exact) mass is 976 g/mol. The molecule has 0 radical (unpaired) electrons. The Balaban J connectivity index is 1.04. The summed E-state index contributed by atoms with van der Waals surface area (Å²) in [5.41, 5.74) is 0.700. The van der Waals surface area contributed by atoms with E-state index in [1.54, 1.807) is 30.1 Å². The van der Waals surface area contributed by atoms with E-state index in [2.05, 4.69) is 96.0 Å². The van der Waals surface area contributed by atoms with Gasteiger partial charge in [0.05, 0.1) is 12.6 Å². The Morgan fingerprint density at radius 1 is 0.647 bits per heavy atom. The molecule has 17 heteroatoms. The number of thiazole rings is 1. The predicted molar refractivity (Wildman–Crippen MR) is 270 cm³/mol. The van der Waals surface area contributed by atoms with E-state index < -0.39 is 43.4 Å². The van der Waals surface area contributed by atoms with Crippen LogP contribution in [0.5, 0.6) is 23.0 Å². The summed E-state index contributed by atoms with van der Waals surface area (Å²) in [6, 6.07) is 41.2. The first kappa shape index (κ1) is 49.3. The van der Waals surface area contributed by atoms with E-state index in [4.69, 9.17) is 28.7 Å². The zero-order chi connectivity index (χ0) is 48.0. The number of thioether (sulfide) groups is 1. The summed E-state index contributed by atoms with van der Waals surface area (Å²) in [5, 5.41) is 5.42. The first-order valence-electron chi connectivity index (χ1n) is 22.2. The number of likely N-dealkylation sites (N-methyl/N-ethyl adjacent to an activating group) is 1. The van der Waals surface area contributed by atoms with Gasteiger partial charge in [0.1, 0.15) is 15.8 Å². The molecule has 1 unspecified atom stereocenters. The Bertz CT molecular complexity index is 2660. The molecule has 1 aromatic heterocycles. The smallest absolute Gasteiger partial charge is 0.259 e. The molecule has 2 amide bonds. The minimum Gasteiger partial charge on any atom is -0.259 e. The van der Waals surface area contributed by atoms with Crippen molar-refractivity contribution >= 4 is 91.6 Å². The van der Waals surface area contributed by atoms with Gasteiger partial charge in [0.2, 0.25) is 0 Å². The number of hydrogen-bond acceptors (Lipinski definition) is 14. The topological polar surface area (TPSA) is 163 Å². The summed E-state index contributed by atoms with van der Waals surface area (Å²) in [7, 11) is 0.494. The predicted octanol–water partition coefficient (Wildman–Crippen LogP) is 8.40. The molecule has 6 aromatic rings. The second-order valence-corrected chi connectivity index (χ2v) is 22.1. The summed E-state index contributed by atoms with van der Waals surface area (Å²) in [5.74, 6) is -0.912. The number of hydrogen-bond donors (Lipinski definition) is 0. The zero-order valence-corrected chi connectivity index (χ0v) is 40.9. The van der Waals surface area contributed by atoms with Gasteiger partial charge in [-0.3, -0.25) is 14.6 Å². The van der Waals surface area contributed by atoms with Gasteiger partial charge >= 0.3 is 260 Å². The number of ether oxygens (including phenoxy) is 5. The molecular formula is C51H53N4O10PS2. The molecule has 0 fully saturated rings. The van der Waals surface area contributed by atoms with E-state index >= 15 is 0 Å². The van der Waals surface area contributed by atoms with Gasteiger partial charge in [-0.1, -0.05) is 0 Å². The number of carbonyl (C=O) groups excluding carboxylic acids is 5. The van der Waals surface area contributed by atoms with Gasteiger partial charge in [-0.25, -0.2) is 9.78 Å². The van der Waals surface area contributed by atoms with Gasteiger partial charge in [-0.05, 0) is 12.1 Å². The number of amides is 2. The van der Waals surface area contributed by atoms with Crippen LogP contribution in [0.1, 0.15) is 44.5 Å². The molecular weight excluding hydrogens is 924 g/mol. The van der Waals surface area contributed by atoms with Crippen LogP contribution < -0.4 is 34.9 Å². The van der Waals surface area contributed by atoms with E-state index in [0.29, 0.717) is 40.0 Å². The molecule has 0 saturated heterocycles. The molecule has 0 saturated carbocycles. The summed E-state index contributed by atoms with van der Waals surface area (Å²) >= 11 is 2.83. The van der Waals surface area contributed by atoms with Crippen LogP contribution in [0.25, 0.3) is 10.2 Å². The molecule has 0 bridgehead atoms. The maximum atomic E-state index is 14.0. The maximum absolute atomic E-state index is 14.0. The number of nitrogens with zero attached hydrogens (tertiary/aromatic N) is 4. The first-order chi connectivity index (χ1) is 32.9. The number of rotatable bonds is 19. The molecule has 2 heterocycles. The Labute approximate surface area is 403 Å². The Morgan fingerprint density at radius 3 is 1.84 bits per heavy atom. The Hall–Kier alpha value is -6.61. The minimum atomic E-state index is -2.39. The number of carbonyl (C=O) groups is 5. The van der Waals surface area contributed by atoms with Crippen LogP contribution in [0.2, 0.25) is 0 Å². The molecule has 5 aromatic carbocycles. The normalized spacial score (nSPS) is 13.5. The summed E-state index contributed by atoms with van der Waals surface area (Å²) in [6.07, 6.45) is 3.17. The number of esters is 3. The van der Waals surface area contributed by atoms with Gasteiger partial charge < -0.3 is 14.2 Å². The summed E-state index contributed by atoms with van der Waals surface area (Å²) < 4.78 is 27.5. The molecule has 1 aliphatic rings. The molecule has 68 heavy (non-hydrogen) atoms. The fourth-order valence-corrected chi connectivity index (χ4v) is 15.0. The van der Waals surface area contributed by atoms with E-state index in [1.807, 2.05) is 0 Å². The number of unbranched alkanes of at least 4 members (excludes halogenated alkanes) is 3. The van der Waals surface area contributed by atoms with Crippen molar-refractivity contribution in [1.82, 2.24) is 14.8 Å². The van der Waals surface area contributed by atoms with Crippen molar-refractivity contribution in [3.8, 4) is 23.0 Å². The third kappa shape index (κ3) is 12.5. The quantitative estimate of drug-likeness (QED) is 0.0330. The third-order valence-corrected chi connectivity index (χ3v) is 18.6. The zero-order valence-electron chi connectivity index (χ0n) is 38.3. The summed E-state index contributed by atoms with van der Waals surface area (Å²) in [6.45, 7) is 3.00. The molecule has 1 atom stereocenters. The first-order valence-corrected chi connectivity index (χ1v) is 26.2. The van der Waals surface area contributed by atoms with Crippen LogP contribution in [0.15, 0.2) is 132 Å². The van der Waals surface area contributed by atoms with Crippen molar-refractivity contribution < 1.29 is 47.7 Å². The molecule has 354 valence electrons. The van der Waals surface area contributed by atoms with Crippen molar-refractivity contribution in [1.29, 1.82) is 0 Å². The van der Waals surface area contributed by atoms with Crippen LogP contribution in [-0.4, -0.2) is 102 Å². The molecule has 0 spiro atoms. The average molecular weight is 977 g/mol. The van der Waals surface area contributed by atoms with Crippen LogP contribution in [0, 0.1) is 0 Å². The average Bonchev–Trinajstić information content (AvgIpc) is 4.01. The molecule has 1 aliphatic heterocycles. The third-order valence-electron chi connectivity index (χ3n) is 11.3. The van der Waals surface area contributed by atoms with E-state index in [1.165, 1.54) is 83.1 Å². The minimum absolute atomic E-state index is 0.00841. The molecule has 14 nitrogen and oxygen atoms in total. The van der Waals surface area contributed by atoms with Crippen LogP contribution in [0.3, 0.4) is 0 Å². The van der Waals surface area contributed by atoms with Gasteiger partial charge in [0.15, 0.2) is 17.5 Å². The molecule has 7 rings (SSSR count). The number of aromatic nitrogens is 1. The fraction of sp³-hybridized carbons (Fsp3) is 0.275. The van der Waals surface area contributed by atoms with Crippen LogP contribution in [0.4, 0.5) is 9.59 Å². The van der Waals surface area contributed by atoms with E-state index in [0.717, 1.165) is 30.1 Å². The standard InChI is InChI=1S/C51H53N4O10PS2/c1-35(56)62-44-27-25-37(32-45(44)63-36(2)57)64-50(59)54(3)29-30-55(51(60)65-38-24-26-42-46(33-38)68-48(52-42)47-53-43(34-67-47)49(58)61-4)28-16-5-6-17-31-66(39-18-10-7-11-19-39,40-20-12-8-13-21-40)41-22-14-9-15-23-41/h7-15,18-27,32-33,43,66H,5-6,16-17,28-31,34H2,1-4H3. The van der Waals surface area contributed by atoms with Crippen molar-refractivity contribution in [2.45, 2.75) is 45.6 Å². The van der Waals surface area contributed by atoms with Gasteiger partial charge in [0, 0.05) is 25.7 Å². The number of fused-ring (bicyclic) bond motifs is 1. The van der Waals surface area contributed by atoms with E-state index in [-0.39, 0.29) is 30.3 Å². The number of aliphatic imine (C=N–C) groups is 1. The van der Waals surface area contributed by atoms with Crippen LogP contribution >= 0.6 is 30.4 Å².